The predicted molar refractivity (Wildman–Crippen MR) is 111 cm³/mol. The Morgan fingerprint density at radius 1 is 0.852 bits per heavy atom. The van der Waals surface area contributed by atoms with Crippen LogP contribution in [-0.2, 0) is 9.53 Å². The maximum atomic E-state index is 12.6. The Morgan fingerprint density at radius 3 is 1.93 bits per heavy atom. The molecular formula is C24H43NO2. The molecule has 0 spiro atoms. The molecule has 0 aromatic rings. The Hall–Kier alpha value is -0.570. The summed E-state index contributed by atoms with van der Waals surface area (Å²) in [4.78, 5) is 12.6. The van der Waals surface area contributed by atoms with E-state index < -0.39 is 0 Å². The highest BCUT2D eigenvalue weighted by Crippen LogP contribution is 2.42. The van der Waals surface area contributed by atoms with Crippen LogP contribution in [0.4, 0.5) is 0 Å². The van der Waals surface area contributed by atoms with E-state index >= 15 is 0 Å². The Balaban J connectivity index is 1.36. The van der Waals surface area contributed by atoms with Gasteiger partial charge in [-0.15, -0.1) is 0 Å². The van der Waals surface area contributed by atoms with Gasteiger partial charge in [0.2, 0.25) is 0 Å². The monoisotopic (exact) mass is 377 g/mol. The molecule has 3 aliphatic rings. The minimum atomic E-state index is 0.117. The van der Waals surface area contributed by atoms with Gasteiger partial charge in [-0.05, 0) is 107 Å². The molecule has 0 radical (unpaired) electrons. The molecule has 3 aliphatic carbocycles. The minimum absolute atomic E-state index is 0.117. The first-order chi connectivity index (χ1) is 13.1. The van der Waals surface area contributed by atoms with Crippen LogP contribution in [0.1, 0.15) is 104 Å². The van der Waals surface area contributed by atoms with Gasteiger partial charge >= 0.3 is 5.97 Å². The van der Waals surface area contributed by atoms with Gasteiger partial charge in [0.25, 0.3) is 0 Å². The van der Waals surface area contributed by atoms with Crippen molar-refractivity contribution < 1.29 is 9.53 Å². The summed E-state index contributed by atoms with van der Waals surface area (Å²) in [6.45, 7) is 4.49. The Labute approximate surface area is 167 Å². The fraction of sp³-hybridized carbons (Fsp3) is 0.958. The van der Waals surface area contributed by atoms with E-state index in [-0.39, 0.29) is 18.0 Å². The summed E-state index contributed by atoms with van der Waals surface area (Å²) in [7, 11) is 0. The normalized spacial score (nSPS) is 38.9. The van der Waals surface area contributed by atoms with Gasteiger partial charge in [-0.1, -0.05) is 20.3 Å². The van der Waals surface area contributed by atoms with Crippen LogP contribution in [0.25, 0.3) is 0 Å². The molecule has 3 fully saturated rings. The zero-order chi connectivity index (χ0) is 19.2. The van der Waals surface area contributed by atoms with Gasteiger partial charge in [0, 0.05) is 6.04 Å². The maximum absolute atomic E-state index is 12.6. The lowest BCUT2D eigenvalue weighted by atomic mass is 9.68. The number of carbonyl (C=O) groups excluding carboxylic acids is 1. The molecule has 0 amide bonds. The van der Waals surface area contributed by atoms with E-state index in [0.29, 0.717) is 6.04 Å². The molecule has 2 N–H and O–H groups in total. The molecule has 0 heterocycles. The smallest absolute Gasteiger partial charge is 0.309 e. The average Bonchev–Trinajstić information content (AvgIpc) is 2.74. The van der Waals surface area contributed by atoms with Gasteiger partial charge in [-0.25, -0.2) is 0 Å². The summed E-state index contributed by atoms with van der Waals surface area (Å²) < 4.78 is 5.90. The highest BCUT2D eigenvalue weighted by atomic mass is 16.5. The van der Waals surface area contributed by atoms with Crippen LogP contribution in [0.3, 0.4) is 0 Å². The van der Waals surface area contributed by atoms with Gasteiger partial charge in [0.15, 0.2) is 0 Å². The SMILES string of the molecule is CCC1CCC(OC(=O)C2CCC(C3CCC(C(N)CC)CC3)CC2)CC1. The molecule has 3 nitrogen and oxygen atoms in total. The first-order valence-electron chi connectivity index (χ1n) is 12.1. The first-order valence-corrected chi connectivity index (χ1v) is 12.1. The van der Waals surface area contributed by atoms with Crippen molar-refractivity contribution in [2.45, 2.75) is 116 Å². The molecule has 3 rings (SSSR count). The lowest BCUT2D eigenvalue weighted by molar-refractivity contribution is -0.157. The topological polar surface area (TPSA) is 52.3 Å². The molecule has 0 bridgehead atoms. The van der Waals surface area contributed by atoms with Crippen molar-refractivity contribution in [3.8, 4) is 0 Å². The Morgan fingerprint density at radius 2 is 1.41 bits per heavy atom. The zero-order valence-electron chi connectivity index (χ0n) is 17.8. The third-order valence-corrected chi connectivity index (χ3v) is 8.32. The number of hydrogen-bond acceptors (Lipinski definition) is 3. The van der Waals surface area contributed by atoms with E-state index in [2.05, 4.69) is 13.8 Å². The molecular weight excluding hydrogens is 334 g/mol. The van der Waals surface area contributed by atoms with Crippen LogP contribution in [-0.4, -0.2) is 18.1 Å². The van der Waals surface area contributed by atoms with Gasteiger partial charge < -0.3 is 10.5 Å². The second kappa shape index (κ2) is 10.3. The van der Waals surface area contributed by atoms with Crippen LogP contribution in [0, 0.1) is 29.6 Å². The molecule has 0 aliphatic heterocycles. The molecule has 27 heavy (non-hydrogen) atoms. The van der Waals surface area contributed by atoms with Crippen LogP contribution >= 0.6 is 0 Å². The lowest BCUT2D eigenvalue weighted by Gasteiger charge is -2.39. The van der Waals surface area contributed by atoms with Crippen LogP contribution in [0.2, 0.25) is 0 Å². The molecule has 0 saturated heterocycles. The van der Waals surface area contributed by atoms with E-state index in [1.54, 1.807) is 0 Å². The van der Waals surface area contributed by atoms with Crippen molar-refractivity contribution in [2.24, 2.45) is 35.3 Å². The largest absolute Gasteiger partial charge is 0.462 e. The van der Waals surface area contributed by atoms with Crippen LogP contribution in [0.15, 0.2) is 0 Å². The fourth-order valence-corrected chi connectivity index (χ4v) is 6.12. The standard InChI is InChI=1S/C24H43NO2/c1-3-17-5-15-22(16-6-17)27-24(26)21-13-9-19(10-14-21)18-7-11-20(12-8-18)23(25)4-2/h17-23H,3-16,25H2,1-2H3. The van der Waals surface area contributed by atoms with Gasteiger partial charge in [0.1, 0.15) is 6.10 Å². The predicted octanol–water partition coefficient (Wildman–Crippen LogP) is 5.85. The van der Waals surface area contributed by atoms with Crippen molar-refractivity contribution in [1.29, 1.82) is 0 Å². The molecule has 156 valence electrons. The lowest BCUT2D eigenvalue weighted by Crippen LogP contribution is -2.35. The minimum Gasteiger partial charge on any atom is -0.462 e. The number of rotatable bonds is 6. The third kappa shape index (κ3) is 5.71. The molecule has 0 aromatic carbocycles. The second-order valence-corrected chi connectivity index (χ2v) is 9.85. The summed E-state index contributed by atoms with van der Waals surface area (Å²) >= 11 is 0. The summed E-state index contributed by atoms with van der Waals surface area (Å²) in [6, 6.07) is 0.406. The first kappa shape index (κ1) is 21.1. The summed E-state index contributed by atoms with van der Waals surface area (Å²) in [5.41, 5.74) is 6.26. The second-order valence-electron chi connectivity index (χ2n) is 9.85. The highest BCUT2D eigenvalue weighted by molar-refractivity contribution is 5.72. The van der Waals surface area contributed by atoms with Crippen molar-refractivity contribution >= 4 is 5.97 Å². The maximum Gasteiger partial charge on any atom is 0.309 e. The Bertz CT molecular complexity index is 441. The average molecular weight is 378 g/mol. The van der Waals surface area contributed by atoms with E-state index in [0.717, 1.165) is 55.8 Å². The zero-order valence-corrected chi connectivity index (χ0v) is 17.8. The van der Waals surface area contributed by atoms with Gasteiger partial charge in [-0.2, -0.15) is 0 Å². The van der Waals surface area contributed by atoms with E-state index in [1.807, 2.05) is 0 Å². The molecule has 0 aromatic heterocycles. The van der Waals surface area contributed by atoms with Gasteiger partial charge in [0.05, 0.1) is 5.92 Å². The van der Waals surface area contributed by atoms with Crippen molar-refractivity contribution in [2.75, 3.05) is 0 Å². The molecule has 3 saturated carbocycles. The number of carbonyl (C=O) groups is 1. The summed E-state index contributed by atoms with van der Waals surface area (Å²) in [5.74, 6) is 3.62. The number of nitrogens with two attached hydrogens (primary N) is 1. The van der Waals surface area contributed by atoms with E-state index in [9.17, 15) is 4.79 Å². The third-order valence-electron chi connectivity index (χ3n) is 8.32. The number of esters is 1. The molecule has 3 heteroatoms. The fourth-order valence-electron chi connectivity index (χ4n) is 6.12. The molecule has 1 unspecified atom stereocenters. The Kier molecular flexibility index (Phi) is 8.05. The highest BCUT2D eigenvalue weighted by Gasteiger charge is 2.35. The number of hydrogen-bond donors (Lipinski definition) is 1. The summed E-state index contributed by atoms with van der Waals surface area (Å²) in [5, 5.41) is 0. The van der Waals surface area contributed by atoms with Crippen LogP contribution in [0.5, 0.6) is 0 Å². The van der Waals surface area contributed by atoms with E-state index in [4.69, 9.17) is 10.5 Å². The van der Waals surface area contributed by atoms with Crippen LogP contribution < -0.4 is 5.73 Å². The van der Waals surface area contributed by atoms with Crippen molar-refractivity contribution in [1.82, 2.24) is 0 Å². The van der Waals surface area contributed by atoms with Gasteiger partial charge in [-0.3, -0.25) is 4.79 Å². The number of ether oxygens (including phenoxy) is 1. The summed E-state index contributed by atoms with van der Waals surface area (Å²) in [6.07, 6.45) is 17.2. The van der Waals surface area contributed by atoms with E-state index in [1.165, 1.54) is 57.8 Å². The molecule has 1 atom stereocenters. The quantitative estimate of drug-likeness (QED) is 0.591. The van der Waals surface area contributed by atoms with Crippen molar-refractivity contribution in [3.63, 3.8) is 0 Å². The van der Waals surface area contributed by atoms with Crippen molar-refractivity contribution in [3.05, 3.63) is 0 Å².